The Morgan fingerprint density at radius 1 is 0.875 bits per heavy atom. The Morgan fingerprint density at radius 3 is 2.25 bits per heavy atom. The van der Waals surface area contributed by atoms with Crippen molar-refractivity contribution >= 4 is 29.4 Å². The number of benzene rings is 1. The van der Waals surface area contributed by atoms with Gasteiger partial charge in [-0.15, -0.1) is 0 Å². The summed E-state index contributed by atoms with van der Waals surface area (Å²) >= 11 is 1.38. The number of fused-ring (bicyclic) bond motifs is 1. The summed E-state index contributed by atoms with van der Waals surface area (Å²) in [6, 6.07) is 16.0. The van der Waals surface area contributed by atoms with E-state index in [0.29, 0.717) is 22.0 Å². The van der Waals surface area contributed by atoms with E-state index in [1.165, 1.54) is 17.8 Å². The van der Waals surface area contributed by atoms with E-state index in [2.05, 4.69) is 4.98 Å². The Hall–Kier alpha value is -2.92. The lowest BCUT2D eigenvalue weighted by molar-refractivity contribution is 0.0990. The van der Waals surface area contributed by atoms with Crippen molar-refractivity contribution in [1.82, 2.24) is 4.98 Å². The first kappa shape index (κ1) is 14.7. The van der Waals surface area contributed by atoms with Crippen LogP contribution in [0.4, 0.5) is 0 Å². The van der Waals surface area contributed by atoms with Gasteiger partial charge in [-0.05, 0) is 42.1 Å². The van der Waals surface area contributed by atoms with Crippen molar-refractivity contribution in [2.24, 2.45) is 0 Å². The van der Waals surface area contributed by atoms with Crippen LogP contribution in [0, 0.1) is 0 Å². The molecule has 0 spiro atoms. The minimum Gasteiger partial charge on any atom is -0.450 e. The normalized spacial score (nSPS) is 13.2. The fraction of sp³-hybridized carbons (Fsp3) is 0. The second-order valence-corrected chi connectivity index (χ2v) is 6.21. The summed E-state index contributed by atoms with van der Waals surface area (Å²) in [4.78, 5) is 28.9. The standard InChI is InChI=1S/C19H11NO3S/c21-18-13-5-1-2-6-14(13)19(22)15(18)11-12-8-9-17(23-12)24-16-7-3-4-10-20-16/h1-11H. The van der Waals surface area contributed by atoms with Gasteiger partial charge >= 0.3 is 0 Å². The molecule has 0 radical (unpaired) electrons. The predicted molar refractivity (Wildman–Crippen MR) is 90.1 cm³/mol. The largest absolute Gasteiger partial charge is 0.450 e. The maximum atomic E-state index is 12.4. The monoisotopic (exact) mass is 333 g/mol. The Bertz CT molecular complexity index is 936. The molecule has 0 saturated heterocycles. The SMILES string of the molecule is O=C1C(=Cc2ccc(Sc3ccccn3)o2)C(=O)c2ccccc21. The van der Waals surface area contributed by atoms with Gasteiger partial charge in [0.15, 0.2) is 16.7 Å². The van der Waals surface area contributed by atoms with Gasteiger partial charge in [0.1, 0.15) is 10.8 Å². The number of rotatable bonds is 3. The van der Waals surface area contributed by atoms with Crippen LogP contribution in [0.2, 0.25) is 0 Å². The summed E-state index contributed by atoms with van der Waals surface area (Å²) in [6.45, 7) is 0. The van der Waals surface area contributed by atoms with Gasteiger partial charge in [-0.3, -0.25) is 9.59 Å². The first-order valence-corrected chi connectivity index (χ1v) is 8.13. The second-order valence-electron chi connectivity index (χ2n) is 5.19. The van der Waals surface area contributed by atoms with Gasteiger partial charge in [0, 0.05) is 17.3 Å². The molecule has 0 saturated carbocycles. The van der Waals surface area contributed by atoms with Gasteiger partial charge in [-0.2, -0.15) is 0 Å². The number of furan rings is 1. The van der Waals surface area contributed by atoms with Crippen LogP contribution in [0.25, 0.3) is 6.08 Å². The molecule has 0 bridgehead atoms. The van der Waals surface area contributed by atoms with E-state index in [9.17, 15) is 9.59 Å². The van der Waals surface area contributed by atoms with Crippen LogP contribution in [0.1, 0.15) is 26.5 Å². The van der Waals surface area contributed by atoms with Gasteiger partial charge in [-0.25, -0.2) is 4.98 Å². The van der Waals surface area contributed by atoms with Crippen molar-refractivity contribution in [3.63, 3.8) is 0 Å². The molecule has 1 aliphatic rings. The van der Waals surface area contributed by atoms with Crippen LogP contribution in [0.15, 0.2) is 80.9 Å². The summed E-state index contributed by atoms with van der Waals surface area (Å²) in [5.74, 6) is -0.0465. The summed E-state index contributed by atoms with van der Waals surface area (Å²) in [5.41, 5.74) is 1.03. The Morgan fingerprint density at radius 2 is 1.58 bits per heavy atom. The smallest absolute Gasteiger partial charge is 0.197 e. The van der Waals surface area contributed by atoms with Gasteiger partial charge in [0.05, 0.1) is 5.57 Å². The summed E-state index contributed by atoms with van der Waals surface area (Å²) < 4.78 is 5.69. The predicted octanol–water partition coefficient (Wildman–Crippen LogP) is 4.29. The molecule has 4 nitrogen and oxygen atoms in total. The van der Waals surface area contributed by atoms with Gasteiger partial charge in [0.25, 0.3) is 0 Å². The number of aromatic nitrogens is 1. The maximum absolute atomic E-state index is 12.4. The fourth-order valence-corrected chi connectivity index (χ4v) is 3.26. The molecule has 0 atom stereocenters. The third-order valence-corrected chi connectivity index (χ3v) is 4.51. The number of hydrogen-bond acceptors (Lipinski definition) is 5. The highest BCUT2D eigenvalue weighted by atomic mass is 32.2. The van der Waals surface area contributed by atoms with Crippen LogP contribution in [-0.4, -0.2) is 16.6 Å². The number of carbonyl (C=O) groups excluding carboxylic acids is 2. The van der Waals surface area contributed by atoms with Crippen molar-refractivity contribution in [3.05, 3.63) is 83.3 Å². The van der Waals surface area contributed by atoms with Gasteiger partial charge in [0.2, 0.25) is 0 Å². The molecule has 0 fully saturated rings. The summed E-state index contributed by atoms with van der Waals surface area (Å²) in [7, 11) is 0. The fourth-order valence-electron chi connectivity index (χ4n) is 2.52. The average molecular weight is 333 g/mol. The first-order chi connectivity index (χ1) is 11.7. The topological polar surface area (TPSA) is 60.2 Å². The van der Waals surface area contributed by atoms with Crippen molar-refractivity contribution in [2.45, 2.75) is 10.1 Å². The Labute approximate surface area is 142 Å². The molecule has 0 unspecified atom stereocenters. The van der Waals surface area contributed by atoms with Crippen molar-refractivity contribution in [1.29, 1.82) is 0 Å². The van der Waals surface area contributed by atoms with E-state index >= 15 is 0 Å². The number of allylic oxidation sites excluding steroid dienone is 1. The lowest BCUT2D eigenvalue weighted by Gasteiger charge is -1.95. The van der Waals surface area contributed by atoms with E-state index in [1.54, 1.807) is 42.6 Å². The molecule has 2 aromatic heterocycles. The quantitative estimate of drug-likeness (QED) is 0.528. The van der Waals surface area contributed by atoms with Crippen LogP contribution >= 0.6 is 11.8 Å². The highest BCUT2D eigenvalue weighted by Gasteiger charge is 2.32. The van der Waals surface area contributed by atoms with Crippen LogP contribution in [0.5, 0.6) is 0 Å². The summed E-state index contributed by atoms with van der Waals surface area (Å²) in [6.07, 6.45) is 3.22. The number of hydrogen-bond donors (Lipinski definition) is 0. The molecule has 2 heterocycles. The van der Waals surface area contributed by atoms with E-state index in [1.807, 2.05) is 18.2 Å². The lowest BCUT2D eigenvalue weighted by atomic mass is 10.1. The molecule has 3 aromatic rings. The van der Waals surface area contributed by atoms with Crippen molar-refractivity contribution in [3.8, 4) is 0 Å². The Balaban J connectivity index is 1.61. The molecule has 0 amide bonds. The number of carbonyl (C=O) groups is 2. The van der Waals surface area contributed by atoms with Crippen LogP contribution in [0.3, 0.4) is 0 Å². The zero-order chi connectivity index (χ0) is 16.5. The molecule has 116 valence electrons. The van der Waals surface area contributed by atoms with Crippen LogP contribution in [-0.2, 0) is 0 Å². The van der Waals surface area contributed by atoms with E-state index in [4.69, 9.17) is 4.42 Å². The molecule has 0 N–H and O–H groups in total. The number of Topliss-reactive ketones (excluding diaryl/α,β-unsaturated/α-hetero) is 2. The molecule has 5 heteroatoms. The number of nitrogens with zero attached hydrogens (tertiary/aromatic N) is 1. The molecule has 1 aromatic carbocycles. The van der Waals surface area contributed by atoms with Crippen LogP contribution < -0.4 is 0 Å². The molecular weight excluding hydrogens is 322 g/mol. The number of pyridine rings is 1. The third kappa shape index (κ3) is 2.59. The van der Waals surface area contributed by atoms with E-state index < -0.39 is 0 Å². The zero-order valence-corrected chi connectivity index (χ0v) is 13.2. The third-order valence-electron chi connectivity index (χ3n) is 3.64. The minimum atomic E-state index is -0.258. The van der Waals surface area contributed by atoms with E-state index in [-0.39, 0.29) is 17.1 Å². The first-order valence-electron chi connectivity index (χ1n) is 7.31. The second kappa shape index (κ2) is 5.94. The van der Waals surface area contributed by atoms with Gasteiger partial charge in [-0.1, -0.05) is 30.3 Å². The molecule has 24 heavy (non-hydrogen) atoms. The average Bonchev–Trinajstić information content (AvgIpc) is 3.15. The number of ketones is 2. The molecular formula is C19H11NO3S. The minimum absolute atomic E-state index is 0.139. The molecule has 0 aliphatic heterocycles. The molecule has 1 aliphatic carbocycles. The van der Waals surface area contributed by atoms with Gasteiger partial charge < -0.3 is 4.42 Å². The van der Waals surface area contributed by atoms with Crippen molar-refractivity contribution < 1.29 is 14.0 Å². The molecule has 4 rings (SSSR count). The summed E-state index contributed by atoms with van der Waals surface area (Å²) in [5, 5.41) is 1.46. The van der Waals surface area contributed by atoms with E-state index in [0.717, 1.165) is 5.03 Å². The van der Waals surface area contributed by atoms with Crippen molar-refractivity contribution in [2.75, 3.05) is 0 Å². The highest BCUT2D eigenvalue weighted by molar-refractivity contribution is 7.99. The Kier molecular flexibility index (Phi) is 3.63. The highest BCUT2D eigenvalue weighted by Crippen LogP contribution is 2.31. The lowest BCUT2D eigenvalue weighted by Crippen LogP contribution is -1.99. The zero-order valence-electron chi connectivity index (χ0n) is 12.4. The maximum Gasteiger partial charge on any atom is 0.197 e.